The summed E-state index contributed by atoms with van der Waals surface area (Å²) < 4.78 is 12.1. The fourth-order valence-corrected chi connectivity index (χ4v) is 5.72. The third kappa shape index (κ3) is 3.65. The number of fused-ring (bicyclic) bond motifs is 3. The lowest BCUT2D eigenvalue weighted by Crippen LogP contribution is -2.37. The predicted octanol–water partition coefficient (Wildman–Crippen LogP) is 6.70. The first kappa shape index (κ1) is 21.2. The molecule has 0 aromatic heterocycles. The molecule has 3 aromatic carbocycles. The molecular formula is C31H31NO2. The lowest BCUT2D eigenvalue weighted by Gasteiger charge is -2.41. The van der Waals surface area contributed by atoms with Gasteiger partial charge in [0, 0.05) is 18.8 Å². The number of hydrogen-bond donors (Lipinski definition) is 0. The van der Waals surface area contributed by atoms with Crippen molar-refractivity contribution >= 4 is 11.8 Å². The lowest BCUT2D eigenvalue weighted by atomic mass is 9.71. The van der Waals surface area contributed by atoms with Crippen molar-refractivity contribution in [2.75, 3.05) is 31.7 Å². The maximum absolute atomic E-state index is 6.68. The summed E-state index contributed by atoms with van der Waals surface area (Å²) in [6, 6.07) is 26.3. The van der Waals surface area contributed by atoms with Crippen molar-refractivity contribution in [2.24, 2.45) is 0 Å². The third-order valence-corrected chi connectivity index (χ3v) is 7.62. The zero-order valence-electron chi connectivity index (χ0n) is 19.7. The van der Waals surface area contributed by atoms with E-state index in [1.807, 2.05) is 6.07 Å². The molecule has 2 aliphatic heterocycles. The minimum atomic E-state index is -0.318. The number of benzene rings is 3. The van der Waals surface area contributed by atoms with Gasteiger partial charge < -0.3 is 14.4 Å². The smallest absolute Gasteiger partial charge is 0.119 e. The highest BCUT2D eigenvalue weighted by Gasteiger charge is 2.40. The monoisotopic (exact) mass is 449 g/mol. The van der Waals surface area contributed by atoms with E-state index in [0.717, 1.165) is 18.8 Å². The number of methoxy groups -OCH3 is 1. The largest absolute Gasteiger partial charge is 0.497 e. The molecule has 0 radical (unpaired) electrons. The highest BCUT2D eigenvalue weighted by Crippen LogP contribution is 2.46. The van der Waals surface area contributed by atoms with E-state index in [9.17, 15) is 0 Å². The molecule has 0 bridgehead atoms. The summed E-state index contributed by atoms with van der Waals surface area (Å²) in [5.74, 6) is 0.874. The molecular weight excluding hydrogens is 418 g/mol. The number of ether oxygens (including phenoxy) is 2. The van der Waals surface area contributed by atoms with Crippen LogP contribution < -0.4 is 9.64 Å². The summed E-state index contributed by atoms with van der Waals surface area (Å²) in [6.45, 7) is 2.92. The van der Waals surface area contributed by atoms with Gasteiger partial charge in [0.05, 0.1) is 19.1 Å². The Morgan fingerprint density at radius 1 is 0.853 bits per heavy atom. The molecule has 0 spiro atoms. The van der Waals surface area contributed by atoms with Crippen LogP contribution in [0.25, 0.3) is 6.08 Å². The second kappa shape index (κ2) is 8.81. The molecule has 3 nitrogen and oxygen atoms in total. The highest BCUT2D eigenvalue weighted by molar-refractivity contribution is 5.67. The zero-order valence-corrected chi connectivity index (χ0v) is 19.7. The average molecular weight is 450 g/mol. The second-order valence-corrected chi connectivity index (χ2v) is 9.60. The Kier molecular flexibility index (Phi) is 5.50. The summed E-state index contributed by atoms with van der Waals surface area (Å²) in [7, 11) is 1.71. The van der Waals surface area contributed by atoms with E-state index in [0.29, 0.717) is 6.61 Å². The summed E-state index contributed by atoms with van der Waals surface area (Å²) >= 11 is 0. The van der Waals surface area contributed by atoms with Gasteiger partial charge in [-0.3, -0.25) is 0 Å². The molecule has 172 valence electrons. The van der Waals surface area contributed by atoms with Crippen molar-refractivity contribution in [2.45, 2.75) is 30.8 Å². The number of nitrogens with zero attached hydrogens (tertiary/aromatic N) is 1. The van der Waals surface area contributed by atoms with Crippen LogP contribution in [0.2, 0.25) is 0 Å². The Hall–Kier alpha value is -3.30. The van der Waals surface area contributed by atoms with Crippen molar-refractivity contribution in [1.82, 2.24) is 0 Å². The molecule has 0 saturated carbocycles. The molecule has 0 N–H and O–H groups in total. The van der Waals surface area contributed by atoms with Crippen LogP contribution in [0.4, 0.5) is 5.69 Å². The Labute approximate surface area is 202 Å². The third-order valence-electron chi connectivity index (χ3n) is 7.62. The highest BCUT2D eigenvalue weighted by atomic mass is 16.5. The van der Waals surface area contributed by atoms with Crippen molar-refractivity contribution in [3.05, 3.63) is 113 Å². The van der Waals surface area contributed by atoms with Crippen LogP contribution in [-0.4, -0.2) is 26.8 Å². The van der Waals surface area contributed by atoms with Gasteiger partial charge in [-0.1, -0.05) is 66.8 Å². The van der Waals surface area contributed by atoms with Gasteiger partial charge in [-0.15, -0.1) is 0 Å². The molecule has 6 rings (SSSR count). The molecule has 3 aromatic rings. The van der Waals surface area contributed by atoms with E-state index in [-0.39, 0.29) is 11.5 Å². The average Bonchev–Trinajstić information content (AvgIpc) is 2.93. The van der Waals surface area contributed by atoms with Crippen LogP contribution in [0.1, 0.15) is 47.6 Å². The lowest BCUT2D eigenvalue weighted by molar-refractivity contribution is 0.0455. The summed E-state index contributed by atoms with van der Waals surface area (Å²) in [5.41, 5.74) is 7.14. The molecule has 3 heteroatoms. The molecule has 3 aliphatic rings. The van der Waals surface area contributed by atoms with Crippen LogP contribution in [0.3, 0.4) is 0 Å². The minimum absolute atomic E-state index is 0.0460. The van der Waals surface area contributed by atoms with E-state index >= 15 is 0 Å². The first-order valence-corrected chi connectivity index (χ1v) is 12.4. The number of rotatable bonds is 4. The van der Waals surface area contributed by atoms with E-state index < -0.39 is 0 Å². The van der Waals surface area contributed by atoms with Gasteiger partial charge in [-0.05, 0) is 71.4 Å². The van der Waals surface area contributed by atoms with Gasteiger partial charge in [-0.2, -0.15) is 0 Å². The fraction of sp³-hybridized carbons (Fsp3) is 0.290. The van der Waals surface area contributed by atoms with Gasteiger partial charge in [-0.25, -0.2) is 0 Å². The Balaban J connectivity index is 1.41. The standard InChI is InChI=1S/C31H31NO2/c1-33-28-16-17-29-23(20-28)10-11-24-21-31(22-34-30(24)29,25-8-4-2-5-9-25)26-12-14-27(15-13-26)32-18-6-3-7-19-32/h2,4-5,8-17,20-21,30H,3,6-7,18-19,22H2,1H3. The van der Waals surface area contributed by atoms with Gasteiger partial charge in [0.25, 0.3) is 0 Å². The van der Waals surface area contributed by atoms with E-state index in [1.54, 1.807) is 7.11 Å². The molecule has 1 aliphatic carbocycles. The topological polar surface area (TPSA) is 21.7 Å². The Morgan fingerprint density at radius 2 is 1.62 bits per heavy atom. The molecule has 34 heavy (non-hydrogen) atoms. The molecule has 2 unspecified atom stereocenters. The van der Waals surface area contributed by atoms with E-state index in [2.05, 4.69) is 89.9 Å². The Bertz CT molecular complexity index is 1220. The summed E-state index contributed by atoms with van der Waals surface area (Å²) in [5, 5.41) is 0. The number of anilines is 1. The Morgan fingerprint density at radius 3 is 2.38 bits per heavy atom. The van der Waals surface area contributed by atoms with E-state index in [4.69, 9.17) is 9.47 Å². The second-order valence-electron chi connectivity index (χ2n) is 9.60. The first-order chi connectivity index (χ1) is 16.8. The van der Waals surface area contributed by atoms with Crippen LogP contribution in [0, 0.1) is 0 Å². The first-order valence-electron chi connectivity index (χ1n) is 12.4. The van der Waals surface area contributed by atoms with Crippen molar-refractivity contribution in [3.63, 3.8) is 0 Å². The SMILES string of the molecule is COc1ccc2c(c1)C=CC1=CC(c3ccccc3)(c3ccc(N4CCCCC4)cc3)COC12. The van der Waals surface area contributed by atoms with Gasteiger partial charge >= 0.3 is 0 Å². The van der Waals surface area contributed by atoms with Crippen LogP contribution in [0.5, 0.6) is 5.75 Å². The van der Waals surface area contributed by atoms with Crippen LogP contribution in [0.15, 0.2) is 90.5 Å². The number of piperidine rings is 1. The van der Waals surface area contributed by atoms with Gasteiger partial charge in [0.15, 0.2) is 0 Å². The molecule has 1 fully saturated rings. The molecule has 2 heterocycles. The van der Waals surface area contributed by atoms with Crippen molar-refractivity contribution in [1.29, 1.82) is 0 Å². The quantitative estimate of drug-likeness (QED) is 0.443. The summed E-state index contributed by atoms with van der Waals surface area (Å²) in [4.78, 5) is 2.52. The molecule has 1 saturated heterocycles. The predicted molar refractivity (Wildman–Crippen MR) is 139 cm³/mol. The van der Waals surface area contributed by atoms with Crippen molar-refractivity contribution in [3.8, 4) is 5.75 Å². The van der Waals surface area contributed by atoms with Crippen LogP contribution in [-0.2, 0) is 10.2 Å². The van der Waals surface area contributed by atoms with Crippen molar-refractivity contribution < 1.29 is 9.47 Å². The maximum Gasteiger partial charge on any atom is 0.119 e. The molecule has 0 amide bonds. The zero-order chi connectivity index (χ0) is 23.0. The van der Waals surface area contributed by atoms with Gasteiger partial charge in [0.2, 0.25) is 0 Å². The molecule has 2 atom stereocenters. The van der Waals surface area contributed by atoms with Crippen LogP contribution >= 0.6 is 0 Å². The van der Waals surface area contributed by atoms with E-state index in [1.165, 1.54) is 52.8 Å². The number of hydrogen-bond acceptors (Lipinski definition) is 3. The maximum atomic E-state index is 6.68. The normalized spacial score (nSPS) is 23.6. The minimum Gasteiger partial charge on any atom is -0.497 e. The van der Waals surface area contributed by atoms with Gasteiger partial charge in [0.1, 0.15) is 11.9 Å². The fourth-order valence-electron chi connectivity index (χ4n) is 5.72. The summed E-state index contributed by atoms with van der Waals surface area (Å²) in [6.07, 6.45) is 10.7.